The second-order valence-electron chi connectivity index (χ2n) is 2.74. The van der Waals surface area contributed by atoms with Crippen LogP contribution in [0.25, 0.3) is 0 Å². The number of nitrogens with two attached hydrogens (primary N) is 2. The Hall–Kier alpha value is -1.39. The van der Waals surface area contributed by atoms with Crippen molar-refractivity contribution in [3.05, 3.63) is 35.4 Å². The average molecular weight is 180 g/mol. The maximum absolute atomic E-state index is 10.8. The van der Waals surface area contributed by atoms with Gasteiger partial charge in [0.25, 0.3) is 0 Å². The molecule has 0 fully saturated rings. The summed E-state index contributed by atoms with van der Waals surface area (Å²) in [6.45, 7) is 0.127. The fraction of sp³-hybridized carbons (Fsp3) is 0.222. The van der Waals surface area contributed by atoms with Crippen LogP contribution in [0.5, 0.6) is 0 Å². The normalized spacial score (nSPS) is 12.5. The Morgan fingerprint density at radius 1 is 1.54 bits per heavy atom. The number of benzene rings is 1. The van der Waals surface area contributed by atoms with Crippen LogP contribution in [0.1, 0.15) is 22.0 Å². The van der Waals surface area contributed by atoms with Gasteiger partial charge in [0.2, 0.25) is 5.91 Å². The molecule has 0 aliphatic heterocycles. The summed E-state index contributed by atoms with van der Waals surface area (Å²) in [5, 5.41) is 9.36. The molecule has 4 nitrogen and oxygen atoms in total. The van der Waals surface area contributed by atoms with Gasteiger partial charge in [0, 0.05) is 12.1 Å². The number of amides is 1. The van der Waals surface area contributed by atoms with Crippen LogP contribution in [0.3, 0.4) is 0 Å². The number of hydrogen-bond donors (Lipinski definition) is 3. The molecular formula is C9H12N2O2. The Morgan fingerprint density at radius 2 is 2.23 bits per heavy atom. The number of carbonyl (C=O) groups is 1. The molecule has 1 aromatic carbocycles. The molecule has 0 bridgehead atoms. The quantitative estimate of drug-likeness (QED) is 0.600. The van der Waals surface area contributed by atoms with Crippen LogP contribution in [0.4, 0.5) is 0 Å². The predicted octanol–water partition coefficient (Wildman–Crippen LogP) is -0.222. The molecule has 1 rings (SSSR count). The molecule has 1 unspecified atom stereocenters. The van der Waals surface area contributed by atoms with E-state index in [9.17, 15) is 9.90 Å². The fourth-order valence-corrected chi connectivity index (χ4v) is 1.04. The lowest BCUT2D eigenvalue weighted by Crippen LogP contribution is -2.14. The molecule has 0 aromatic heterocycles. The van der Waals surface area contributed by atoms with E-state index in [1.807, 2.05) is 0 Å². The molecule has 4 heteroatoms. The van der Waals surface area contributed by atoms with Crippen molar-refractivity contribution in [2.75, 3.05) is 6.54 Å². The summed E-state index contributed by atoms with van der Waals surface area (Å²) in [5.41, 5.74) is 11.3. The predicted molar refractivity (Wildman–Crippen MR) is 49.0 cm³/mol. The Bertz CT molecular complexity index is 312. The minimum atomic E-state index is -0.737. The van der Waals surface area contributed by atoms with Crippen LogP contribution in [0, 0.1) is 0 Å². The highest BCUT2D eigenvalue weighted by Crippen LogP contribution is 2.12. The van der Waals surface area contributed by atoms with Gasteiger partial charge in [-0.15, -0.1) is 0 Å². The van der Waals surface area contributed by atoms with Gasteiger partial charge >= 0.3 is 0 Å². The first-order valence-corrected chi connectivity index (χ1v) is 3.93. The van der Waals surface area contributed by atoms with Crippen molar-refractivity contribution in [3.8, 4) is 0 Å². The van der Waals surface area contributed by atoms with E-state index in [1.165, 1.54) is 0 Å². The van der Waals surface area contributed by atoms with Gasteiger partial charge in [-0.2, -0.15) is 0 Å². The highest BCUT2D eigenvalue weighted by molar-refractivity contribution is 5.92. The van der Waals surface area contributed by atoms with Gasteiger partial charge in [0.05, 0.1) is 6.10 Å². The van der Waals surface area contributed by atoms with Gasteiger partial charge in [-0.25, -0.2) is 0 Å². The monoisotopic (exact) mass is 180 g/mol. The van der Waals surface area contributed by atoms with E-state index >= 15 is 0 Å². The van der Waals surface area contributed by atoms with Crippen LogP contribution in [-0.4, -0.2) is 17.6 Å². The molecular weight excluding hydrogens is 168 g/mol. The van der Waals surface area contributed by atoms with E-state index in [4.69, 9.17) is 11.5 Å². The van der Waals surface area contributed by atoms with E-state index in [2.05, 4.69) is 0 Å². The van der Waals surface area contributed by atoms with E-state index in [0.717, 1.165) is 0 Å². The standard InChI is InChI=1S/C9H12N2O2/c10-5-8(12)6-2-1-3-7(4-6)9(11)13/h1-4,8,12H,5,10H2,(H2,11,13). The minimum Gasteiger partial charge on any atom is -0.387 e. The van der Waals surface area contributed by atoms with Crippen molar-refractivity contribution in [1.82, 2.24) is 0 Å². The molecule has 1 atom stereocenters. The summed E-state index contributed by atoms with van der Waals surface area (Å²) < 4.78 is 0. The number of aliphatic hydroxyl groups excluding tert-OH is 1. The molecule has 13 heavy (non-hydrogen) atoms. The zero-order valence-corrected chi connectivity index (χ0v) is 7.10. The largest absolute Gasteiger partial charge is 0.387 e. The number of hydrogen-bond acceptors (Lipinski definition) is 3. The molecule has 1 amide bonds. The summed E-state index contributed by atoms with van der Waals surface area (Å²) >= 11 is 0. The lowest BCUT2D eigenvalue weighted by Gasteiger charge is -2.08. The molecule has 0 aliphatic carbocycles. The zero-order valence-electron chi connectivity index (χ0n) is 7.10. The van der Waals surface area contributed by atoms with Crippen LogP contribution in [-0.2, 0) is 0 Å². The smallest absolute Gasteiger partial charge is 0.248 e. The third-order valence-corrected chi connectivity index (χ3v) is 1.78. The number of rotatable bonds is 3. The molecule has 1 aromatic rings. The molecule has 70 valence electrons. The summed E-state index contributed by atoms with van der Waals surface area (Å²) in [4.78, 5) is 10.8. The van der Waals surface area contributed by atoms with Crippen LogP contribution >= 0.6 is 0 Å². The number of primary amides is 1. The molecule has 0 aliphatic rings. The lowest BCUT2D eigenvalue weighted by molar-refractivity contribution is 0.1000. The fourth-order valence-electron chi connectivity index (χ4n) is 1.04. The first-order valence-electron chi connectivity index (χ1n) is 3.93. The third kappa shape index (κ3) is 2.27. The Kier molecular flexibility index (Phi) is 3.00. The van der Waals surface area contributed by atoms with Crippen molar-refractivity contribution < 1.29 is 9.90 Å². The molecule has 0 saturated heterocycles. The van der Waals surface area contributed by atoms with E-state index in [0.29, 0.717) is 11.1 Å². The first kappa shape index (κ1) is 9.70. The Labute approximate surface area is 76.2 Å². The topological polar surface area (TPSA) is 89.3 Å². The molecule has 0 heterocycles. The maximum Gasteiger partial charge on any atom is 0.248 e. The van der Waals surface area contributed by atoms with Crippen molar-refractivity contribution in [3.63, 3.8) is 0 Å². The number of aliphatic hydroxyl groups is 1. The van der Waals surface area contributed by atoms with Gasteiger partial charge in [-0.1, -0.05) is 12.1 Å². The van der Waals surface area contributed by atoms with Gasteiger partial charge in [0.1, 0.15) is 0 Å². The van der Waals surface area contributed by atoms with Gasteiger partial charge in [-0.05, 0) is 17.7 Å². The molecule has 5 N–H and O–H groups in total. The van der Waals surface area contributed by atoms with Gasteiger partial charge < -0.3 is 16.6 Å². The van der Waals surface area contributed by atoms with E-state index in [-0.39, 0.29) is 6.54 Å². The second-order valence-corrected chi connectivity index (χ2v) is 2.74. The van der Waals surface area contributed by atoms with Crippen molar-refractivity contribution in [1.29, 1.82) is 0 Å². The molecule has 0 radical (unpaired) electrons. The maximum atomic E-state index is 10.8. The summed E-state index contributed by atoms with van der Waals surface area (Å²) in [7, 11) is 0. The van der Waals surface area contributed by atoms with E-state index < -0.39 is 12.0 Å². The average Bonchev–Trinajstić information content (AvgIpc) is 2.17. The second kappa shape index (κ2) is 4.02. The molecule has 0 spiro atoms. The SMILES string of the molecule is NCC(O)c1cccc(C(N)=O)c1. The first-order chi connectivity index (χ1) is 6.15. The van der Waals surface area contributed by atoms with Gasteiger partial charge in [0.15, 0.2) is 0 Å². The van der Waals surface area contributed by atoms with Crippen molar-refractivity contribution >= 4 is 5.91 Å². The minimum absolute atomic E-state index is 0.127. The molecule has 0 saturated carbocycles. The van der Waals surface area contributed by atoms with E-state index in [1.54, 1.807) is 24.3 Å². The third-order valence-electron chi connectivity index (χ3n) is 1.78. The van der Waals surface area contributed by atoms with Crippen molar-refractivity contribution in [2.24, 2.45) is 11.5 Å². The number of carbonyl (C=O) groups excluding carboxylic acids is 1. The highest BCUT2D eigenvalue weighted by atomic mass is 16.3. The van der Waals surface area contributed by atoms with Crippen LogP contribution < -0.4 is 11.5 Å². The summed E-state index contributed by atoms with van der Waals surface area (Å²) in [6, 6.07) is 6.49. The highest BCUT2D eigenvalue weighted by Gasteiger charge is 2.07. The Morgan fingerprint density at radius 3 is 2.77 bits per heavy atom. The summed E-state index contributed by atoms with van der Waals surface area (Å²) in [5.74, 6) is -0.508. The Balaban J connectivity index is 2.98. The van der Waals surface area contributed by atoms with Gasteiger partial charge in [-0.3, -0.25) is 4.79 Å². The lowest BCUT2D eigenvalue weighted by atomic mass is 10.1. The van der Waals surface area contributed by atoms with Crippen molar-refractivity contribution in [2.45, 2.75) is 6.10 Å². The summed E-state index contributed by atoms with van der Waals surface area (Å²) in [6.07, 6.45) is -0.737. The zero-order chi connectivity index (χ0) is 9.84. The van der Waals surface area contributed by atoms with Crippen LogP contribution in [0.2, 0.25) is 0 Å². The van der Waals surface area contributed by atoms with Crippen LogP contribution in [0.15, 0.2) is 24.3 Å².